The van der Waals surface area contributed by atoms with Crippen LogP contribution in [-0.4, -0.2) is 24.2 Å². The van der Waals surface area contributed by atoms with Gasteiger partial charge < -0.3 is 14.5 Å². The van der Waals surface area contributed by atoms with Crippen LogP contribution >= 0.6 is 0 Å². The zero-order chi connectivity index (χ0) is 11.7. The Morgan fingerprint density at radius 2 is 2.00 bits per heavy atom. The van der Waals surface area contributed by atoms with Gasteiger partial charge in [0, 0.05) is 11.8 Å². The van der Waals surface area contributed by atoms with Gasteiger partial charge in [-0.15, -0.1) is 0 Å². The number of aromatic amines is 1. The minimum Gasteiger partial charge on any atom is -0.496 e. The van der Waals surface area contributed by atoms with Crippen molar-refractivity contribution in [3.05, 3.63) is 28.2 Å². The molecule has 0 fully saturated rings. The molecule has 0 aliphatic carbocycles. The van der Waals surface area contributed by atoms with E-state index in [0.29, 0.717) is 22.5 Å². The molecule has 0 bridgehead atoms. The number of rotatable bonds is 2. The normalized spacial score (nSPS) is 10.4. The van der Waals surface area contributed by atoms with Gasteiger partial charge in [-0.3, -0.25) is 4.79 Å². The lowest BCUT2D eigenvalue weighted by molar-refractivity contribution is 0.386. The second-order valence-electron chi connectivity index (χ2n) is 3.41. The zero-order valence-electron chi connectivity index (χ0n) is 9.33. The van der Waals surface area contributed by atoms with Gasteiger partial charge in [0.2, 0.25) is 5.88 Å². The Labute approximate surface area is 92.0 Å². The third-order valence-corrected chi connectivity index (χ3v) is 2.31. The molecule has 16 heavy (non-hydrogen) atoms. The number of methoxy groups -OCH3 is 2. The van der Waals surface area contributed by atoms with E-state index in [2.05, 4.69) is 9.97 Å². The number of ether oxygens (including phenoxy) is 2. The van der Waals surface area contributed by atoms with Crippen LogP contribution in [0, 0.1) is 6.92 Å². The van der Waals surface area contributed by atoms with E-state index in [1.807, 2.05) is 0 Å². The van der Waals surface area contributed by atoms with Crippen LogP contribution in [-0.2, 0) is 0 Å². The number of nitrogens with zero attached hydrogens (tertiary/aromatic N) is 1. The summed E-state index contributed by atoms with van der Waals surface area (Å²) in [6, 6.07) is 3.37. The predicted octanol–water partition coefficient (Wildman–Crippen LogP) is 1.25. The van der Waals surface area contributed by atoms with Crippen molar-refractivity contribution in [1.29, 1.82) is 0 Å². The van der Waals surface area contributed by atoms with E-state index in [4.69, 9.17) is 9.47 Å². The standard InChI is InChI=1S/C11H12N2O3/c1-6-4-7-10(11(14)12-6)8(15-2)5-9(13-7)16-3/h4-5H,1-3H3,(H,12,14). The minimum absolute atomic E-state index is 0.206. The molecule has 0 saturated heterocycles. The van der Waals surface area contributed by atoms with E-state index in [1.165, 1.54) is 14.2 Å². The van der Waals surface area contributed by atoms with Crippen molar-refractivity contribution in [2.45, 2.75) is 6.92 Å². The Morgan fingerprint density at radius 1 is 1.25 bits per heavy atom. The number of fused-ring (bicyclic) bond motifs is 1. The lowest BCUT2D eigenvalue weighted by Crippen LogP contribution is -2.09. The molecule has 5 heteroatoms. The van der Waals surface area contributed by atoms with E-state index in [9.17, 15) is 4.79 Å². The van der Waals surface area contributed by atoms with Crippen molar-refractivity contribution >= 4 is 10.9 Å². The number of H-pyrrole nitrogens is 1. The summed E-state index contributed by atoms with van der Waals surface area (Å²) >= 11 is 0. The molecule has 0 amide bonds. The van der Waals surface area contributed by atoms with Crippen molar-refractivity contribution in [3.8, 4) is 11.6 Å². The molecule has 0 spiro atoms. The van der Waals surface area contributed by atoms with Gasteiger partial charge in [0.25, 0.3) is 5.56 Å². The molecule has 0 unspecified atom stereocenters. The molecule has 0 saturated carbocycles. The highest BCUT2D eigenvalue weighted by atomic mass is 16.5. The average Bonchev–Trinajstić information content (AvgIpc) is 2.26. The number of nitrogens with one attached hydrogen (secondary N) is 1. The first kappa shape index (κ1) is 10.5. The molecule has 0 atom stereocenters. The summed E-state index contributed by atoms with van der Waals surface area (Å²) in [5.74, 6) is 0.887. The first-order chi connectivity index (χ1) is 7.65. The molecule has 2 aromatic rings. The maximum absolute atomic E-state index is 11.8. The summed E-state index contributed by atoms with van der Waals surface area (Å²) < 4.78 is 10.2. The lowest BCUT2D eigenvalue weighted by atomic mass is 10.2. The van der Waals surface area contributed by atoms with Crippen LogP contribution in [0.25, 0.3) is 10.9 Å². The SMILES string of the molecule is COc1cc(OC)c2c(=O)[nH]c(C)cc2n1. The van der Waals surface area contributed by atoms with Gasteiger partial charge in [0.1, 0.15) is 11.1 Å². The molecule has 0 aromatic carbocycles. The maximum Gasteiger partial charge on any atom is 0.261 e. The Morgan fingerprint density at radius 3 is 2.62 bits per heavy atom. The van der Waals surface area contributed by atoms with Crippen molar-refractivity contribution in [3.63, 3.8) is 0 Å². The van der Waals surface area contributed by atoms with Crippen LogP contribution < -0.4 is 15.0 Å². The monoisotopic (exact) mass is 220 g/mol. The van der Waals surface area contributed by atoms with Crippen LogP contribution in [0.5, 0.6) is 11.6 Å². The quantitative estimate of drug-likeness (QED) is 0.827. The molecule has 1 N–H and O–H groups in total. The first-order valence-electron chi connectivity index (χ1n) is 4.78. The van der Waals surface area contributed by atoms with Crippen LogP contribution in [0.2, 0.25) is 0 Å². The number of aromatic nitrogens is 2. The summed E-state index contributed by atoms with van der Waals surface area (Å²) in [5, 5.41) is 0.439. The lowest BCUT2D eigenvalue weighted by Gasteiger charge is -2.07. The van der Waals surface area contributed by atoms with Crippen LogP contribution in [0.3, 0.4) is 0 Å². The largest absolute Gasteiger partial charge is 0.496 e. The number of aryl methyl sites for hydroxylation is 1. The van der Waals surface area contributed by atoms with Gasteiger partial charge in [-0.2, -0.15) is 0 Å². The zero-order valence-corrected chi connectivity index (χ0v) is 9.33. The molecule has 0 aliphatic rings. The fraction of sp³-hybridized carbons (Fsp3) is 0.273. The summed E-state index contributed by atoms with van der Waals surface area (Å²) in [4.78, 5) is 18.7. The maximum atomic E-state index is 11.8. The molecule has 0 radical (unpaired) electrons. The van der Waals surface area contributed by atoms with Crippen molar-refractivity contribution in [1.82, 2.24) is 9.97 Å². The molecule has 0 aliphatic heterocycles. The fourth-order valence-electron chi connectivity index (χ4n) is 1.60. The summed E-state index contributed by atoms with van der Waals surface area (Å²) in [6.07, 6.45) is 0. The van der Waals surface area contributed by atoms with E-state index < -0.39 is 0 Å². The number of hydrogen-bond donors (Lipinski definition) is 1. The van der Waals surface area contributed by atoms with Crippen molar-refractivity contribution < 1.29 is 9.47 Å². The van der Waals surface area contributed by atoms with E-state index in [1.54, 1.807) is 19.1 Å². The molecule has 2 aromatic heterocycles. The van der Waals surface area contributed by atoms with Gasteiger partial charge in [0.15, 0.2) is 0 Å². The summed E-state index contributed by atoms with van der Waals surface area (Å²) in [5.41, 5.74) is 1.11. The third-order valence-electron chi connectivity index (χ3n) is 2.31. The van der Waals surface area contributed by atoms with Crippen LogP contribution in [0.4, 0.5) is 0 Å². The molecule has 84 valence electrons. The Kier molecular flexibility index (Phi) is 2.52. The smallest absolute Gasteiger partial charge is 0.261 e. The Balaban J connectivity index is 2.89. The summed E-state index contributed by atoms with van der Waals surface area (Å²) in [7, 11) is 3.03. The van der Waals surface area contributed by atoms with E-state index in [-0.39, 0.29) is 5.56 Å². The third kappa shape index (κ3) is 1.60. The average molecular weight is 220 g/mol. The second-order valence-corrected chi connectivity index (χ2v) is 3.41. The second kappa shape index (κ2) is 3.84. The van der Waals surface area contributed by atoms with Gasteiger partial charge in [-0.25, -0.2) is 4.98 Å². The highest BCUT2D eigenvalue weighted by Crippen LogP contribution is 2.25. The number of hydrogen-bond acceptors (Lipinski definition) is 4. The van der Waals surface area contributed by atoms with Crippen molar-refractivity contribution in [2.24, 2.45) is 0 Å². The topological polar surface area (TPSA) is 64.2 Å². The van der Waals surface area contributed by atoms with E-state index >= 15 is 0 Å². The fourth-order valence-corrected chi connectivity index (χ4v) is 1.60. The molecule has 2 rings (SSSR count). The molecule has 5 nitrogen and oxygen atoms in total. The summed E-state index contributed by atoms with van der Waals surface area (Å²) in [6.45, 7) is 1.80. The Bertz CT molecular complexity index is 590. The number of pyridine rings is 2. The minimum atomic E-state index is -0.206. The van der Waals surface area contributed by atoms with Gasteiger partial charge in [-0.05, 0) is 13.0 Å². The molecule has 2 heterocycles. The van der Waals surface area contributed by atoms with Crippen LogP contribution in [0.1, 0.15) is 5.69 Å². The first-order valence-corrected chi connectivity index (χ1v) is 4.78. The highest BCUT2D eigenvalue weighted by molar-refractivity contribution is 5.85. The predicted molar refractivity (Wildman–Crippen MR) is 60.2 cm³/mol. The highest BCUT2D eigenvalue weighted by Gasteiger charge is 2.10. The van der Waals surface area contributed by atoms with Gasteiger partial charge >= 0.3 is 0 Å². The Hall–Kier alpha value is -2.04. The van der Waals surface area contributed by atoms with Crippen LogP contribution in [0.15, 0.2) is 16.9 Å². The molecular formula is C11H12N2O3. The van der Waals surface area contributed by atoms with E-state index in [0.717, 1.165) is 5.69 Å². The van der Waals surface area contributed by atoms with Gasteiger partial charge in [-0.1, -0.05) is 0 Å². The van der Waals surface area contributed by atoms with Gasteiger partial charge in [0.05, 0.1) is 19.7 Å². The van der Waals surface area contributed by atoms with Crippen molar-refractivity contribution in [2.75, 3.05) is 14.2 Å². The molecular weight excluding hydrogens is 208 g/mol.